The molecule has 0 aliphatic carbocycles. The first-order chi connectivity index (χ1) is 5.36. The average Bonchev–Trinajstić information content (AvgIpc) is 1.90. The predicted octanol–water partition coefficient (Wildman–Crippen LogP) is 1.20. The second kappa shape index (κ2) is 3.74. The van der Waals surface area contributed by atoms with E-state index in [1.54, 1.807) is 6.20 Å². The molecule has 0 spiro atoms. The van der Waals surface area contributed by atoms with E-state index >= 15 is 0 Å². The molecule has 0 aromatic carbocycles. The number of aromatic nitrogens is 1. The lowest BCUT2D eigenvalue weighted by atomic mass is 10.0. The molecule has 1 aliphatic heterocycles. The maximum atomic E-state index is 5.49. The Morgan fingerprint density at radius 1 is 1.42 bits per heavy atom. The maximum Gasteiger partial charge on any atom is 0.0572 e. The van der Waals surface area contributed by atoms with Crippen LogP contribution in [0.4, 0.5) is 5.69 Å². The summed E-state index contributed by atoms with van der Waals surface area (Å²) >= 11 is 0. The van der Waals surface area contributed by atoms with E-state index in [1.807, 2.05) is 12.1 Å². The van der Waals surface area contributed by atoms with Gasteiger partial charge in [-0.2, -0.15) is 0 Å². The molecule has 0 saturated carbocycles. The van der Waals surface area contributed by atoms with E-state index < -0.39 is 0 Å². The molecular formula is C8H11ClN2O. The lowest BCUT2D eigenvalue weighted by Crippen LogP contribution is -2.25. The number of nitrogens with zero attached hydrogens (tertiary/aromatic N) is 1. The van der Waals surface area contributed by atoms with Crippen molar-refractivity contribution in [1.82, 2.24) is 4.98 Å². The number of pyridine rings is 1. The predicted molar refractivity (Wildman–Crippen MR) is 49.5 cm³/mol. The number of halogens is 1. The molecule has 12 heavy (non-hydrogen) atoms. The summed E-state index contributed by atoms with van der Waals surface area (Å²) in [7, 11) is 0. The summed E-state index contributed by atoms with van der Waals surface area (Å²) in [6.07, 6.45) is 1.69. The molecule has 1 fully saturated rings. The third-order valence-electron chi connectivity index (χ3n) is 1.87. The molecule has 0 unspecified atom stereocenters. The van der Waals surface area contributed by atoms with Gasteiger partial charge in [0.1, 0.15) is 0 Å². The van der Waals surface area contributed by atoms with Crippen LogP contribution in [0.3, 0.4) is 0 Å². The van der Waals surface area contributed by atoms with Crippen molar-refractivity contribution < 1.29 is 4.74 Å². The first-order valence-electron chi connectivity index (χ1n) is 3.65. The number of nitrogens with two attached hydrogens (primary N) is 1. The molecule has 0 radical (unpaired) electrons. The average molecular weight is 187 g/mol. The summed E-state index contributed by atoms with van der Waals surface area (Å²) in [6, 6.07) is 3.84. The van der Waals surface area contributed by atoms with Crippen molar-refractivity contribution in [3.63, 3.8) is 0 Å². The van der Waals surface area contributed by atoms with Crippen LogP contribution >= 0.6 is 12.4 Å². The zero-order valence-electron chi connectivity index (χ0n) is 6.56. The van der Waals surface area contributed by atoms with Gasteiger partial charge in [-0.25, -0.2) is 0 Å². The monoisotopic (exact) mass is 186 g/mol. The minimum Gasteiger partial charge on any atom is -0.397 e. The van der Waals surface area contributed by atoms with E-state index in [4.69, 9.17) is 10.5 Å². The summed E-state index contributed by atoms with van der Waals surface area (Å²) in [5, 5.41) is 0. The van der Waals surface area contributed by atoms with Crippen molar-refractivity contribution in [2.24, 2.45) is 0 Å². The molecule has 3 nitrogen and oxygen atoms in total. The Kier molecular flexibility index (Phi) is 2.89. The van der Waals surface area contributed by atoms with Crippen LogP contribution in [0.25, 0.3) is 0 Å². The largest absolute Gasteiger partial charge is 0.397 e. The Balaban J connectivity index is 0.000000720. The van der Waals surface area contributed by atoms with Crippen molar-refractivity contribution in [3.05, 3.63) is 24.0 Å². The van der Waals surface area contributed by atoms with Crippen molar-refractivity contribution >= 4 is 18.1 Å². The highest BCUT2D eigenvalue weighted by molar-refractivity contribution is 5.85. The summed E-state index contributed by atoms with van der Waals surface area (Å²) in [5.74, 6) is 0.496. The zero-order valence-corrected chi connectivity index (χ0v) is 7.38. The quantitative estimate of drug-likeness (QED) is 0.717. The van der Waals surface area contributed by atoms with Gasteiger partial charge in [0, 0.05) is 11.6 Å². The van der Waals surface area contributed by atoms with Gasteiger partial charge in [-0.3, -0.25) is 4.98 Å². The summed E-state index contributed by atoms with van der Waals surface area (Å²) in [4.78, 5) is 4.20. The van der Waals surface area contributed by atoms with Gasteiger partial charge in [0.25, 0.3) is 0 Å². The Morgan fingerprint density at radius 2 is 2.17 bits per heavy atom. The fourth-order valence-electron chi connectivity index (χ4n) is 1.06. The molecule has 2 heterocycles. The van der Waals surface area contributed by atoms with Crippen LogP contribution in [0.1, 0.15) is 11.6 Å². The number of hydrogen-bond acceptors (Lipinski definition) is 3. The van der Waals surface area contributed by atoms with Gasteiger partial charge >= 0.3 is 0 Å². The SMILES string of the molecule is Cl.Nc1ccc(C2COC2)nc1. The van der Waals surface area contributed by atoms with E-state index in [9.17, 15) is 0 Å². The number of rotatable bonds is 1. The van der Waals surface area contributed by atoms with Gasteiger partial charge in [0.15, 0.2) is 0 Å². The van der Waals surface area contributed by atoms with Crippen molar-refractivity contribution in [2.75, 3.05) is 18.9 Å². The molecule has 0 amide bonds. The fraction of sp³-hybridized carbons (Fsp3) is 0.375. The number of ether oxygens (including phenoxy) is 1. The summed E-state index contributed by atoms with van der Waals surface area (Å²) < 4.78 is 5.05. The third kappa shape index (κ3) is 1.68. The first-order valence-corrected chi connectivity index (χ1v) is 3.65. The molecule has 1 aromatic rings. The Morgan fingerprint density at radius 3 is 2.58 bits per heavy atom. The van der Waals surface area contributed by atoms with Crippen LogP contribution in [-0.2, 0) is 4.74 Å². The first kappa shape index (κ1) is 9.29. The van der Waals surface area contributed by atoms with E-state index in [0.717, 1.165) is 18.9 Å². The Bertz CT molecular complexity index is 246. The topological polar surface area (TPSA) is 48.1 Å². The lowest BCUT2D eigenvalue weighted by Gasteiger charge is -2.25. The highest BCUT2D eigenvalue weighted by Crippen LogP contribution is 2.21. The molecule has 2 N–H and O–H groups in total. The summed E-state index contributed by atoms with van der Waals surface area (Å²) in [6.45, 7) is 1.60. The number of anilines is 1. The third-order valence-corrected chi connectivity index (χ3v) is 1.87. The second-order valence-electron chi connectivity index (χ2n) is 2.75. The second-order valence-corrected chi connectivity index (χ2v) is 2.75. The minimum atomic E-state index is 0. The van der Waals surface area contributed by atoms with E-state index in [0.29, 0.717) is 11.6 Å². The standard InChI is InChI=1S/C8H10N2O.ClH/c9-7-1-2-8(10-3-7)6-4-11-5-6;/h1-3,6H,4-5,9H2;1H. The van der Waals surface area contributed by atoms with Gasteiger partial charge in [0.2, 0.25) is 0 Å². The normalized spacial score (nSPS) is 16.3. The van der Waals surface area contributed by atoms with Crippen LogP contribution in [0.15, 0.2) is 18.3 Å². The molecule has 2 rings (SSSR count). The van der Waals surface area contributed by atoms with Crippen molar-refractivity contribution in [2.45, 2.75) is 5.92 Å². The highest BCUT2D eigenvalue weighted by Gasteiger charge is 2.21. The van der Waals surface area contributed by atoms with Gasteiger partial charge in [-0.15, -0.1) is 12.4 Å². The van der Waals surface area contributed by atoms with E-state index in [1.165, 1.54) is 0 Å². The highest BCUT2D eigenvalue weighted by atomic mass is 35.5. The molecular weight excluding hydrogens is 176 g/mol. The smallest absolute Gasteiger partial charge is 0.0572 e. The van der Waals surface area contributed by atoms with Gasteiger partial charge in [-0.05, 0) is 12.1 Å². The number of nitrogen functional groups attached to an aromatic ring is 1. The van der Waals surface area contributed by atoms with Gasteiger partial charge < -0.3 is 10.5 Å². The van der Waals surface area contributed by atoms with E-state index in [2.05, 4.69) is 4.98 Å². The van der Waals surface area contributed by atoms with E-state index in [-0.39, 0.29) is 12.4 Å². The van der Waals surface area contributed by atoms with Gasteiger partial charge in [-0.1, -0.05) is 0 Å². The van der Waals surface area contributed by atoms with Crippen LogP contribution < -0.4 is 5.73 Å². The van der Waals surface area contributed by atoms with Crippen molar-refractivity contribution in [3.8, 4) is 0 Å². The molecule has 4 heteroatoms. The van der Waals surface area contributed by atoms with Crippen molar-refractivity contribution in [1.29, 1.82) is 0 Å². The van der Waals surface area contributed by atoms with Gasteiger partial charge in [0.05, 0.1) is 25.1 Å². The Labute approximate surface area is 77.3 Å². The maximum absolute atomic E-state index is 5.49. The molecule has 0 bridgehead atoms. The minimum absolute atomic E-state index is 0. The zero-order chi connectivity index (χ0) is 7.68. The number of hydrogen-bond donors (Lipinski definition) is 1. The van der Waals surface area contributed by atoms with Crippen LogP contribution in [-0.4, -0.2) is 18.2 Å². The molecule has 1 saturated heterocycles. The summed E-state index contributed by atoms with van der Waals surface area (Å²) in [5.41, 5.74) is 7.30. The molecule has 1 aromatic heterocycles. The molecule has 0 atom stereocenters. The Hall–Kier alpha value is -0.800. The molecule has 66 valence electrons. The van der Waals surface area contributed by atoms with Crippen LogP contribution in [0, 0.1) is 0 Å². The lowest BCUT2D eigenvalue weighted by molar-refractivity contribution is 0.00672. The van der Waals surface area contributed by atoms with Crippen LogP contribution in [0.5, 0.6) is 0 Å². The van der Waals surface area contributed by atoms with Crippen LogP contribution in [0.2, 0.25) is 0 Å². The fourth-order valence-corrected chi connectivity index (χ4v) is 1.06. The molecule has 1 aliphatic rings.